The Kier molecular flexibility index (Phi) is 8.24. The van der Waals surface area contributed by atoms with Crippen LogP contribution in [0.2, 0.25) is 0 Å². The molecular weight excluding hydrogens is 542 g/mol. The molecule has 0 aliphatic heterocycles. The van der Waals surface area contributed by atoms with Crippen LogP contribution in [0.25, 0.3) is 22.1 Å². The average Bonchev–Trinajstić information content (AvgIpc) is 3.60. The number of nitrogens with zero attached hydrogens (tertiary/aromatic N) is 4. The number of benzene rings is 4. The lowest BCUT2D eigenvalue weighted by Gasteiger charge is -2.17. The minimum atomic E-state index is -0.461. The number of esters is 1. The lowest BCUT2D eigenvalue weighted by molar-refractivity contribution is -0.147. The number of carbonyl (C=O) groups is 2. The number of aromatic nitrogens is 4. The smallest absolute Gasteiger partial charge is 0.344 e. The van der Waals surface area contributed by atoms with Crippen LogP contribution in [0.4, 0.5) is 0 Å². The number of likely N-dealkylation sites (N-methyl/N-ethyl adjacent to an activating group) is 1. The molecule has 0 fully saturated rings. The first-order chi connectivity index (χ1) is 21.0. The van der Waals surface area contributed by atoms with E-state index in [2.05, 4.69) is 9.55 Å². The number of H-pyrrole nitrogens is 1. The molecule has 0 saturated heterocycles. The number of hydrogen-bond acceptors (Lipinski definition) is 7. The summed E-state index contributed by atoms with van der Waals surface area (Å²) >= 11 is 0. The quantitative estimate of drug-likeness (QED) is 0.155. The van der Waals surface area contributed by atoms with E-state index in [1.54, 1.807) is 24.3 Å². The third-order valence-electron chi connectivity index (χ3n) is 7.08. The minimum Gasteiger partial charge on any atom is -0.482 e. The summed E-state index contributed by atoms with van der Waals surface area (Å²) in [6.07, 6.45) is 0. The highest BCUT2D eigenvalue weighted by atomic mass is 16.6. The first-order valence-electron chi connectivity index (χ1n) is 14.0. The zero-order valence-electron chi connectivity index (χ0n) is 23.8. The standard InChI is InChI=1S/C34H31N5O4/c1-38(19-31(40)25-15-17-26(18-16-25)42-23-34(41)43-22-24-9-3-2-4-10-24)21-33-37-29-13-7-8-14-30(29)39(33)20-32-35-27-11-5-6-12-28(27)36-32/h2-18H,19-23H2,1H3,(H,35,36). The summed E-state index contributed by atoms with van der Waals surface area (Å²) in [6.45, 7) is 1.21. The molecule has 6 aromatic rings. The van der Waals surface area contributed by atoms with Gasteiger partial charge in [-0.15, -0.1) is 0 Å². The van der Waals surface area contributed by atoms with Gasteiger partial charge in [0.1, 0.15) is 24.0 Å². The second-order valence-electron chi connectivity index (χ2n) is 10.4. The Hall–Kier alpha value is -5.28. The van der Waals surface area contributed by atoms with Crippen LogP contribution in [-0.2, 0) is 29.2 Å². The number of hydrogen-bond donors (Lipinski definition) is 1. The Morgan fingerprint density at radius 3 is 2.35 bits per heavy atom. The fraction of sp³-hybridized carbons (Fsp3) is 0.176. The van der Waals surface area contributed by atoms with Crippen molar-refractivity contribution in [2.75, 3.05) is 20.2 Å². The molecule has 0 spiro atoms. The zero-order chi connectivity index (χ0) is 29.6. The summed E-state index contributed by atoms with van der Waals surface area (Å²) in [7, 11) is 1.90. The van der Waals surface area contributed by atoms with Gasteiger partial charge in [-0.3, -0.25) is 9.69 Å². The van der Waals surface area contributed by atoms with E-state index in [9.17, 15) is 9.59 Å². The van der Waals surface area contributed by atoms with Gasteiger partial charge in [0.15, 0.2) is 12.4 Å². The predicted octanol–water partition coefficient (Wildman–Crippen LogP) is 5.40. The molecule has 0 saturated carbocycles. The summed E-state index contributed by atoms with van der Waals surface area (Å²) in [5, 5.41) is 0. The molecule has 9 heteroatoms. The van der Waals surface area contributed by atoms with Crippen molar-refractivity contribution in [2.45, 2.75) is 19.7 Å². The molecule has 2 aromatic heterocycles. The van der Waals surface area contributed by atoms with Gasteiger partial charge >= 0.3 is 5.97 Å². The number of nitrogens with one attached hydrogen (secondary N) is 1. The van der Waals surface area contributed by atoms with E-state index in [0.29, 0.717) is 24.4 Å². The maximum atomic E-state index is 13.1. The van der Waals surface area contributed by atoms with Crippen LogP contribution in [0.5, 0.6) is 5.75 Å². The average molecular weight is 574 g/mol. The molecule has 0 atom stereocenters. The highest BCUT2D eigenvalue weighted by Crippen LogP contribution is 2.20. The third kappa shape index (κ3) is 6.79. The maximum Gasteiger partial charge on any atom is 0.344 e. The Morgan fingerprint density at radius 2 is 1.56 bits per heavy atom. The van der Waals surface area contributed by atoms with Crippen molar-refractivity contribution in [3.63, 3.8) is 0 Å². The van der Waals surface area contributed by atoms with Crippen LogP contribution in [0.15, 0.2) is 103 Å². The van der Waals surface area contributed by atoms with Crippen LogP contribution in [0, 0.1) is 0 Å². The van der Waals surface area contributed by atoms with E-state index in [0.717, 1.165) is 39.3 Å². The number of ketones is 1. The number of para-hydroxylation sites is 4. The molecule has 0 unspecified atom stereocenters. The third-order valence-corrected chi connectivity index (χ3v) is 7.08. The van der Waals surface area contributed by atoms with Gasteiger partial charge in [0.05, 0.1) is 41.7 Å². The van der Waals surface area contributed by atoms with E-state index in [4.69, 9.17) is 19.4 Å². The lowest BCUT2D eigenvalue weighted by Crippen LogP contribution is -2.27. The van der Waals surface area contributed by atoms with E-state index in [1.165, 1.54) is 0 Å². The summed E-state index contributed by atoms with van der Waals surface area (Å²) in [5.41, 5.74) is 5.29. The molecule has 0 aliphatic carbocycles. The number of imidazole rings is 2. The fourth-order valence-corrected chi connectivity index (χ4v) is 4.95. The summed E-state index contributed by atoms with van der Waals surface area (Å²) < 4.78 is 12.9. The van der Waals surface area contributed by atoms with Crippen molar-refractivity contribution in [1.29, 1.82) is 0 Å². The first kappa shape index (κ1) is 27.9. The lowest BCUT2D eigenvalue weighted by atomic mass is 10.1. The van der Waals surface area contributed by atoms with Crippen molar-refractivity contribution in [2.24, 2.45) is 0 Å². The van der Waals surface area contributed by atoms with E-state index in [-0.39, 0.29) is 25.5 Å². The van der Waals surface area contributed by atoms with Crippen LogP contribution in [0.3, 0.4) is 0 Å². The number of Topliss-reactive ketones (excluding diaryl/α,β-unsaturated/α-hetero) is 1. The van der Waals surface area contributed by atoms with Crippen molar-refractivity contribution >= 4 is 33.8 Å². The maximum absolute atomic E-state index is 13.1. The van der Waals surface area contributed by atoms with E-state index < -0.39 is 5.97 Å². The highest BCUT2D eigenvalue weighted by Gasteiger charge is 2.17. The summed E-state index contributed by atoms with van der Waals surface area (Å²) in [6, 6.07) is 32.2. The molecule has 0 aliphatic rings. The number of fused-ring (bicyclic) bond motifs is 2. The molecule has 2 heterocycles. The molecule has 0 amide bonds. The van der Waals surface area contributed by atoms with Gasteiger partial charge in [-0.1, -0.05) is 54.6 Å². The van der Waals surface area contributed by atoms with Gasteiger partial charge in [-0.2, -0.15) is 0 Å². The summed E-state index contributed by atoms with van der Waals surface area (Å²) in [4.78, 5) is 40.1. The second kappa shape index (κ2) is 12.7. The number of rotatable bonds is 12. The largest absolute Gasteiger partial charge is 0.482 e. The molecular formula is C34H31N5O4. The van der Waals surface area contributed by atoms with E-state index in [1.807, 2.05) is 90.8 Å². The molecule has 6 rings (SSSR count). The van der Waals surface area contributed by atoms with Crippen molar-refractivity contribution < 1.29 is 19.1 Å². The number of ether oxygens (including phenoxy) is 2. The van der Waals surface area contributed by atoms with Crippen LogP contribution < -0.4 is 4.74 Å². The van der Waals surface area contributed by atoms with Crippen molar-refractivity contribution in [3.8, 4) is 5.75 Å². The highest BCUT2D eigenvalue weighted by molar-refractivity contribution is 5.97. The molecule has 216 valence electrons. The van der Waals surface area contributed by atoms with Crippen LogP contribution >= 0.6 is 0 Å². The molecule has 9 nitrogen and oxygen atoms in total. The Bertz CT molecular complexity index is 1830. The van der Waals surface area contributed by atoms with Crippen molar-refractivity contribution in [3.05, 3.63) is 126 Å². The van der Waals surface area contributed by atoms with Gasteiger partial charge in [0.25, 0.3) is 0 Å². The Labute approximate surface area is 248 Å². The first-order valence-corrected chi connectivity index (χ1v) is 14.0. The Morgan fingerprint density at radius 1 is 0.837 bits per heavy atom. The minimum absolute atomic E-state index is 0.0312. The zero-order valence-corrected chi connectivity index (χ0v) is 23.8. The van der Waals surface area contributed by atoms with Gasteiger partial charge < -0.3 is 19.0 Å². The SMILES string of the molecule is CN(CC(=O)c1ccc(OCC(=O)OCc2ccccc2)cc1)Cc1nc2ccccc2n1Cc1nc2ccccc2[nH]1. The molecule has 0 bridgehead atoms. The number of aromatic amines is 1. The van der Waals surface area contributed by atoms with Gasteiger partial charge in [0, 0.05) is 5.56 Å². The number of carbonyl (C=O) groups excluding carboxylic acids is 2. The molecule has 0 radical (unpaired) electrons. The van der Waals surface area contributed by atoms with Crippen LogP contribution in [0.1, 0.15) is 27.6 Å². The van der Waals surface area contributed by atoms with Crippen molar-refractivity contribution in [1.82, 2.24) is 24.4 Å². The summed E-state index contributed by atoms with van der Waals surface area (Å²) in [5.74, 6) is 1.69. The van der Waals surface area contributed by atoms with Gasteiger partial charge in [0.2, 0.25) is 0 Å². The van der Waals surface area contributed by atoms with E-state index >= 15 is 0 Å². The van der Waals surface area contributed by atoms with Gasteiger partial charge in [-0.05, 0) is 61.1 Å². The fourth-order valence-electron chi connectivity index (χ4n) is 4.95. The van der Waals surface area contributed by atoms with Crippen LogP contribution in [-0.4, -0.2) is 56.4 Å². The second-order valence-corrected chi connectivity index (χ2v) is 10.4. The normalized spacial score (nSPS) is 11.3. The van der Waals surface area contributed by atoms with Gasteiger partial charge in [-0.25, -0.2) is 14.8 Å². The predicted molar refractivity (Wildman–Crippen MR) is 164 cm³/mol. The molecule has 1 N–H and O–H groups in total. The molecule has 4 aromatic carbocycles. The molecule has 43 heavy (non-hydrogen) atoms. The monoisotopic (exact) mass is 573 g/mol. The Balaban J connectivity index is 1.06. The topological polar surface area (TPSA) is 102 Å².